The van der Waals surface area contributed by atoms with Crippen LogP contribution >= 0.6 is 0 Å². The number of esters is 1. The first-order valence-electron chi connectivity index (χ1n) is 4.78. The summed E-state index contributed by atoms with van der Waals surface area (Å²) in [6.07, 6.45) is 0. The van der Waals surface area contributed by atoms with Crippen molar-refractivity contribution in [1.29, 1.82) is 0 Å². The molecule has 0 saturated carbocycles. The molecule has 1 aliphatic heterocycles. The largest absolute Gasteiger partial charge is 0.463 e. The zero-order chi connectivity index (χ0) is 10.7. The summed E-state index contributed by atoms with van der Waals surface area (Å²) in [6, 6.07) is 3.77. The van der Waals surface area contributed by atoms with E-state index < -0.39 is 5.97 Å². The number of hydrogen-bond acceptors (Lipinski definition) is 5. The van der Waals surface area contributed by atoms with Gasteiger partial charge in [-0.1, -0.05) is 0 Å². The van der Waals surface area contributed by atoms with Crippen LogP contribution in [0.1, 0.15) is 16.3 Å². The minimum Gasteiger partial charge on any atom is -0.463 e. The third-order valence-corrected chi connectivity index (χ3v) is 2.25. The smallest absolute Gasteiger partial charge is 0.373 e. The average molecular weight is 211 g/mol. The molecule has 0 atom stereocenters. The number of nitrogens with one attached hydrogen (secondary N) is 1. The Morgan fingerprint density at radius 3 is 3.00 bits per heavy atom. The summed E-state index contributed by atoms with van der Waals surface area (Å²) in [7, 11) is 1.33. The van der Waals surface area contributed by atoms with Gasteiger partial charge >= 0.3 is 5.97 Å². The molecule has 1 aromatic rings. The molecule has 0 bridgehead atoms. The van der Waals surface area contributed by atoms with Gasteiger partial charge in [0.2, 0.25) is 5.76 Å². The van der Waals surface area contributed by atoms with E-state index in [0.29, 0.717) is 12.6 Å². The molecule has 0 radical (unpaired) electrons. The van der Waals surface area contributed by atoms with Crippen LogP contribution in [0.25, 0.3) is 0 Å². The van der Waals surface area contributed by atoms with Crippen LogP contribution in [0.2, 0.25) is 0 Å². The van der Waals surface area contributed by atoms with Crippen LogP contribution in [-0.2, 0) is 16.0 Å². The van der Waals surface area contributed by atoms with Crippen LogP contribution < -0.4 is 5.32 Å². The quantitative estimate of drug-likeness (QED) is 0.737. The predicted molar refractivity (Wildman–Crippen MR) is 51.5 cm³/mol. The third-order valence-electron chi connectivity index (χ3n) is 2.25. The molecule has 0 spiro atoms. The summed E-state index contributed by atoms with van der Waals surface area (Å²) >= 11 is 0. The average Bonchev–Trinajstić information content (AvgIpc) is 2.63. The molecule has 1 aliphatic rings. The summed E-state index contributed by atoms with van der Waals surface area (Å²) in [6.45, 7) is 2.08. The molecule has 1 N–H and O–H groups in total. The summed E-state index contributed by atoms with van der Waals surface area (Å²) in [5, 5.41) is 3.23. The molecule has 5 heteroatoms. The minimum absolute atomic E-state index is 0.235. The molecule has 1 aromatic heterocycles. The Labute approximate surface area is 87.3 Å². The van der Waals surface area contributed by atoms with Crippen molar-refractivity contribution in [2.24, 2.45) is 0 Å². The minimum atomic E-state index is -0.451. The lowest BCUT2D eigenvalue weighted by Crippen LogP contribution is -2.45. The Hall–Kier alpha value is -1.33. The van der Waals surface area contributed by atoms with Gasteiger partial charge in [0.1, 0.15) is 5.76 Å². The number of carbonyl (C=O) groups excluding carboxylic acids is 1. The van der Waals surface area contributed by atoms with Gasteiger partial charge in [-0.05, 0) is 12.1 Å². The number of hydrogen-bond donors (Lipinski definition) is 1. The second kappa shape index (κ2) is 4.46. The summed E-state index contributed by atoms with van der Waals surface area (Å²) in [4.78, 5) is 11.1. The van der Waals surface area contributed by atoms with Gasteiger partial charge in [-0.15, -0.1) is 0 Å². The van der Waals surface area contributed by atoms with Gasteiger partial charge in [-0.3, -0.25) is 0 Å². The molecule has 2 heterocycles. The predicted octanol–water partition coefficient (Wildman–Crippen LogP) is 0.555. The first-order valence-corrected chi connectivity index (χ1v) is 4.78. The lowest BCUT2D eigenvalue weighted by molar-refractivity contribution is -0.00647. The van der Waals surface area contributed by atoms with E-state index in [0.717, 1.165) is 19.0 Å². The Bertz CT molecular complexity index is 343. The highest BCUT2D eigenvalue weighted by Gasteiger charge is 2.18. The van der Waals surface area contributed by atoms with Crippen LogP contribution in [-0.4, -0.2) is 32.3 Å². The van der Waals surface area contributed by atoms with Gasteiger partial charge in [0.05, 0.1) is 32.9 Å². The molecule has 0 aliphatic carbocycles. The maximum Gasteiger partial charge on any atom is 0.373 e. The normalized spacial score (nSPS) is 16.1. The number of furan rings is 1. The maximum atomic E-state index is 11.1. The van der Waals surface area contributed by atoms with Gasteiger partial charge in [-0.25, -0.2) is 4.79 Å². The van der Waals surface area contributed by atoms with Crippen LogP contribution in [0, 0.1) is 0 Å². The lowest BCUT2D eigenvalue weighted by atomic mass is 10.2. The van der Waals surface area contributed by atoms with E-state index in [4.69, 9.17) is 9.15 Å². The van der Waals surface area contributed by atoms with Gasteiger partial charge in [0.25, 0.3) is 0 Å². The highest BCUT2D eigenvalue weighted by molar-refractivity contribution is 5.86. The van der Waals surface area contributed by atoms with E-state index in [-0.39, 0.29) is 5.76 Å². The topological polar surface area (TPSA) is 60.7 Å². The van der Waals surface area contributed by atoms with Crippen molar-refractivity contribution >= 4 is 5.97 Å². The fourth-order valence-corrected chi connectivity index (χ4v) is 1.28. The van der Waals surface area contributed by atoms with E-state index in [1.165, 1.54) is 7.11 Å². The van der Waals surface area contributed by atoms with Crippen LogP contribution in [0.15, 0.2) is 16.5 Å². The second-order valence-electron chi connectivity index (χ2n) is 3.37. The Kier molecular flexibility index (Phi) is 3.03. The Morgan fingerprint density at radius 1 is 1.60 bits per heavy atom. The van der Waals surface area contributed by atoms with E-state index in [2.05, 4.69) is 10.1 Å². The van der Waals surface area contributed by atoms with Crippen molar-refractivity contribution in [3.63, 3.8) is 0 Å². The van der Waals surface area contributed by atoms with Gasteiger partial charge in [0.15, 0.2) is 0 Å². The number of rotatable bonds is 4. The molecular formula is C10H13NO4. The highest BCUT2D eigenvalue weighted by Crippen LogP contribution is 2.10. The van der Waals surface area contributed by atoms with Crippen molar-refractivity contribution in [2.45, 2.75) is 12.6 Å². The number of methoxy groups -OCH3 is 1. The molecule has 15 heavy (non-hydrogen) atoms. The molecule has 2 rings (SSSR count). The zero-order valence-electron chi connectivity index (χ0n) is 8.49. The lowest BCUT2D eigenvalue weighted by Gasteiger charge is -2.26. The second-order valence-corrected chi connectivity index (χ2v) is 3.37. The van der Waals surface area contributed by atoms with E-state index in [9.17, 15) is 4.79 Å². The molecule has 1 saturated heterocycles. The standard InChI is InChI=1S/C10H13NO4/c1-13-10(12)9-3-2-8(15-9)4-11-7-5-14-6-7/h2-3,7,11H,4-6H2,1H3. The first-order chi connectivity index (χ1) is 7.29. The first kappa shape index (κ1) is 10.2. The van der Waals surface area contributed by atoms with Crippen molar-refractivity contribution < 1.29 is 18.7 Å². The van der Waals surface area contributed by atoms with Crippen molar-refractivity contribution in [3.05, 3.63) is 23.7 Å². The summed E-state index contributed by atoms with van der Waals surface area (Å²) < 4.78 is 14.8. The van der Waals surface area contributed by atoms with Crippen LogP contribution in [0.5, 0.6) is 0 Å². The molecule has 0 aromatic carbocycles. The van der Waals surface area contributed by atoms with Crippen LogP contribution in [0.3, 0.4) is 0 Å². The SMILES string of the molecule is COC(=O)c1ccc(CNC2COC2)o1. The fourth-order valence-electron chi connectivity index (χ4n) is 1.28. The van der Waals surface area contributed by atoms with Crippen molar-refractivity contribution in [2.75, 3.05) is 20.3 Å². The van der Waals surface area contributed by atoms with E-state index in [1.807, 2.05) is 0 Å². The molecule has 0 amide bonds. The van der Waals surface area contributed by atoms with Crippen molar-refractivity contribution in [1.82, 2.24) is 5.32 Å². The monoisotopic (exact) mass is 211 g/mol. The third kappa shape index (κ3) is 2.37. The molecule has 5 nitrogen and oxygen atoms in total. The molecule has 0 unspecified atom stereocenters. The Morgan fingerprint density at radius 2 is 2.40 bits per heavy atom. The fraction of sp³-hybridized carbons (Fsp3) is 0.500. The van der Waals surface area contributed by atoms with E-state index in [1.54, 1.807) is 12.1 Å². The van der Waals surface area contributed by atoms with Gasteiger partial charge < -0.3 is 19.2 Å². The number of carbonyl (C=O) groups is 1. The maximum absolute atomic E-state index is 11.1. The molecular weight excluding hydrogens is 198 g/mol. The number of ether oxygens (including phenoxy) is 2. The zero-order valence-corrected chi connectivity index (χ0v) is 8.49. The highest BCUT2D eigenvalue weighted by atomic mass is 16.5. The van der Waals surface area contributed by atoms with E-state index >= 15 is 0 Å². The summed E-state index contributed by atoms with van der Waals surface area (Å²) in [5.74, 6) is 0.509. The molecule has 82 valence electrons. The van der Waals surface area contributed by atoms with Crippen molar-refractivity contribution in [3.8, 4) is 0 Å². The summed E-state index contributed by atoms with van der Waals surface area (Å²) in [5.41, 5.74) is 0. The Balaban J connectivity index is 1.86. The van der Waals surface area contributed by atoms with Gasteiger partial charge in [-0.2, -0.15) is 0 Å². The van der Waals surface area contributed by atoms with Crippen LogP contribution in [0.4, 0.5) is 0 Å². The molecule has 1 fully saturated rings. The van der Waals surface area contributed by atoms with Gasteiger partial charge in [0, 0.05) is 0 Å².